The third kappa shape index (κ3) is 8.24. The summed E-state index contributed by atoms with van der Waals surface area (Å²) in [5.41, 5.74) is 6.14. The molecule has 2 amide bonds. The number of benzene rings is 2. The van der Waals surface area contributed by atoms with Crippen molar-refractivity contribution in [3.63, 3.8) is 0 Å². The van der Waals surface area contributed by atoms with Gasteiger partial charge in [0.1, 0.15) is 16.2 Å². The van der Waals surface area contributed by atoms with Crippen LogP contribution >= 0.6 is 11.6 Å². The minimum atomic E-state index is -1.71. The predicted molar refractivity (Wildman–Crippen MR) is 162 cm³/mol. The number of carbonyl (C=O) groups is 3. The number of rotatable bonds is 11. The predicted octanol–water partition coefficient (Wildman–Crippen LogP) is 5.16. The van der Waals surface area contributed by atoms with Crippen molar-refractivity contribution in [3.8, 4) is 0 Å². The lowest BCUT2D eigenvalue weighted by molar-refractivity contribution is -0.151. The van der Waals surface area contributed by atoms with Gasteiger partial charge in [-0.3, -0.25) is 9.59 Å². The van der Waals surface area contributed by atoms with Crippen molar-refractivity contribution in [2.75, 3.05) is 31.4 Å². The molecule has 0 aliphatic carbocycles. The van der Waals surface area contributed by atoms with Crippen molar-refractivity contribution in [3.05, 3.63) is 58.6 Å². The Balaban J connectivity index is 2.56. The van der Waals surface area contributed by atoms with E-state index in [1.54, 1.807) is 71.0 Å². The van der Waals surface area contributed by atoms with Crippen molar-refractivity contribution >= 4 is 51.2 Å². The first-order chi connectivity index (χ1) is 19.0. The molecule has 0 spiro atoms. The number of anilines is 2. The smallest absolute Gasteiger partial charge is 0.408 e. The molecule has 0 bridgehead atoms. The van der Waals surface area contributed by atoms with E-state index in [0.29, 0.717) is 16.1 Å². The number of alkyl carbamates (subject to hydrolysis) is 1. The van der Waals surface area contributed by atoms with Crippen molar-refractivity contribution < 1.29 is 28.6 Å². The molecular formula is C30H41ClN3O6Si. The largest absolute Gasteiger partial charge is 0.465 e. The average Bonchev–Trinajstić information content (AvgIpc) is 2.85. The molecule has 0 saturated carbocycles. The van der Waals surface area contributed by atoms with Gasteiger partial charge in [0.25, 0.3) is 0 Å². The monoisotopic (exact) mass is 602 g/mol. The van der Waals surface area contributed by atoms with Gasteiger partial charge < -0.3 is 30.6 Å². The summed E-state index contributed by atoms with van der Waals surface area (Å²) in [6.45, 7) is 12.7. The minimum absolute atomic E-state index is 0.0644. The van der Waals surface area contributed by atoms with Crippen molar-refractivity contribution in [2.45, 2.75) is 70.6 Å². The Bertz CT molecular complexity index is 1250. The molecule has 0 saturated heterocycles. The Morgan fingerprint density at radius 3 is 2.22 bits per heavy atom. The normalized spacial score (nSPS) is 15.3. The second-order valence-electron chi connectivity index (χ2n) is 11.4. The number of amides is 2. The van der Waals surface area contributed by atoms with E-state index in [2.05, 4.69) is 20.9 Å². The van der Waals surface area contributed by atoms with E-state index in [1.807, 2.05) is 19.9 Å². The maximum atomic E-state index is 14.1. The van der Waals surface area contributed by atoms with Gasteiger partial charge in [-0.15, -0.1) is 0 Å². The van der Waals surface area contributed by atoms with Crippen LogP contribution in [0.5, 0.6) is 0 Å². The zero-order chi connectivity index (χ0) is 31.2. The van der Waals surface area contributed by atoms with Crippen molar-refractivity contribution in [2.24, 2.45) is 5.92 Å². The number of hydrogen-bond acceptors (Lipinski definition) is 7. The summed E-state index contributed by atoms with van der Waals surface area (Å²) in [5.74, 6) is -1.87. The van der Waals surface area contributed by atoms with E-state index < -0.39 is 40.1 Å². The Morgan fingerprint density at radius 1 is 1.07 bits per heavy atom. The summed E-state index contributed by atoms with van der Waals surface area (Å²) < 4.78 is 16.1. The van der Waals surface area contributed by atoms with E-state index in [1.165, 1.54) is 7.11 Å². The number of ether oxygens (including phenoxy) is 3. The molecule has 0 fully saturated rings. The van der Waals surface area contributed by atoms with Crippen molar-refractivity contribution in [1.82, 2.24) is 5.32 Å². The van der Waals surface area contributed by atoms with Crippen molar-refractivity contribution in [1.29, 1.82) is 0 Å². The summed E-state index contributed by atoms with van der Waals surface area (Å²) in [5, 5.41) is 4.31. The lowest BCUT2D eigenvalue weighted by Gasteiger charge is -2.40. The molecule has 3 atom stereocenters. The molecule has 4 N–H and O–H groups in total. The topological polar surface area (TPSA) is 129 Å². The highest BCUT2D eigenvalue weighted by Gasteiger charge is 2.47. The number of carbonyl (C=O) groups excluding carboxylic acids is 3. The first-order valence-corrected chi connectivity index (χ1v) is 14.3. The molecule has 9 nitrogen and oxygen atoms in total. The van der Waals surface area contributed by atoms with Crippen LogP contribution in [-0.4, -0.2) is 59.3 Å². The van der Waals surface area contributed by atoms with Gasteiger partial charge in [0, 0.05) is 18.1 Å². The standard InChI is InChI=1S/C30H41ClN3O6Si/c1-9-39-26(36)29(7,17-38-8)19-14-15-23(22(32)16-19)33-25(35)30(41,34-27(37)40-28(4,5)6)24(18(2)3)20-12-10-11-13-21(20)31/h10-16,18,24H,9,17,32H2,1-8H3,(H,33,35)(H,34,37)/t24-,29?,30?/m0/s1. The molecule has 0 aromatic heterocycles. The van der Waals surface area contributed by atoms with Gasteiger partial charge in [0.15, 0.2) is 0 Å². The third-order valence-electron chi connectivity index (χ3n) is 6.53. The van der Waals surface area contributed by atoms with Gasteiger partial charge in [-0.2, -0.15) is 0 Å². The zero-order valence-electron chi connectivity index (χ0n) is 25.0. The molecule has 2 aromatic rings. The molecule has 11 heteroatoms. The molecule has 0 heterocycles. The molecule has 2 rings (SSSR count). The van der Waals surface area contributed by atoms with E-state index >= 15 is 0 Å². The number of nitrogen functional groups attached to an aromatic ring is 1. The highest BCUT2D eigenvalue weighted by Crippen LogP contribution is 2.39. The molecule has 0 aliphatic heterocycles. The summed E-state index contributed by atoms with van der Waals surface area (Å²) >= 11 is 6.57. The summed E-state index contributed by atoms with van der Waals surface area (Å²) in [4.78, 5) is 39.9. The van der Waals surface area contributed by atoms with Gasteiger partial charge >= 0.3 is 12.1 Å². The minimum Gasteiger partial charge on any atom is -0.465 e. The summed E-state index contributed by atoms with van der Waals surface area (Å²) in [6.07, 6.45) is -0.798. The molecule has 2 aromatic carbocycles. The Morgan fingerprint density at radius 2 is 1.71 bits per heavy atom. The van der Waals surface area contributed by atoms with E-state index in [-0.39, 0.29) is 30.5 Å². The zero-order valence-corrected chi connectivity index (χ0v) is 26.8. The van der Waals surface area contributed by atoms with Crippen LogP contribution in [0.3, 0.4) is 0 Å². The van der Waals surface area contributed by atoms with Crippen LogP contribution in [0.4, 0.5) is 16.2 Å². The maximum Gasteiger partial charge on any atom is 0.408 e. The Labute approximate surface area is 251 Å². The fraction of sp³-hybridized carbons (Fsp3) is 0.500. The lowest BCUT2D eigenvalue weighted by atomic mass is 9.80. The fourth-order valence-corrected chi connectivity index (χ4v) is 5.55. The average molecular weight is 603 g/mol. The Hall–Kier alpha value is -3.08. The number of nitrogens with one attached hydrogen (secondary N) is 2. The molecular weight excluding hydrogens is 562 g/mol. The number of methoxy groups -OCH3 is 1. The molecule has 41 heavy (non-hydrogen) atoms. The molecule has 223 valence electrons. The highest BCUT2D eigenvalue weighted by atomic mass is 35.5. The second-order valence-corrected chi connectivity index (χ2v) is 12.6. The van der Waals surface area contributed by atoms with Gasteiger partial charge in [-0.1, -0.05) is 49.7 Å². The summed E-state index contributed by atoms with van der Waals surface area (Å²) in [7, 11) is 5.15. The second kappa shape index (κ2) is 13.7. The highest BCUT2D eigenvalue weighted by molar-refractivity contribution is 6.34. The van der Waals surface area contributed by atoms with E-state index in [4.69, 9.17) is 31.5 Å². The van der Waals surface area contributed by atoms with Gasteiger partial charge in [0.2, 0.25) is 5.91 Å². The lowest BCUT2D eigenvalue weighted by Crippen LogP contribution is -2.62. The summed E-state index contributed by atoms with van der Waals surface area (Å²) in [6, 6.07) is 12.0. The van der Waals surface area contributed by atoms with Crippen LogP contribution in [0.15, 0.2) is 42.5 Å². The number of esters is 1. The molecule has 3 radical (unpaired) electrons. The van der Waals surface area contributed by atoms with E-state index in [0.717, 1.165) is 0 Å². The van der Waals surface area contributed by atoms with Gasteiger partial charge in [-0.25, -0.2) is 4.79 Å². The van der Waals surface area contributed by atoms with Crippen LogP contribution in [0.1, 0.15) is 65.5 Å². The molecule has 2 unspecified atom stereocenters. The molecule has 0 aliphatic rings. The number of halogens is 1. The number of nitrogens with two attached hydrogens (primary N) is 1. The van der Waals surface area contributed by atoms with Gasteiger partial charge in [0.05, 0.1) is 34.8 Å². The van der Waals surface area contributed by atoms with Crippen LogP contribution in [0, 0.1) is 5.92 Å². The van der Waals surface area contributed by atoms with Gasteiger partial charge in [-0.05, 0) is 69.9 Å². The number of hydrogen-bond donors (Lipinski definition) is 3. The van der Waals surface area contributed by atoms with Crippen LogP contribution in [0.25, 0.3) is 0 Å². The first-order valence-electron chi connectivity index (χ1n) is 13.4. The quantitative estimate of drug-likeness (QED) is 0.184. The van der Waals surface area contributed by atoms with Crippen LogP contribution < -0.4 is 16.4 Å². The van der Waals surface area contributed by atoms with E-state index in [9.17, 15) is 14.4 Å². The first kappa shape index (κ1) is 34.1. The fourth-order valence-electron chi connectivity index (χ4n) is 4.64. The van der Waals surface area contributed by atoms with Crippen LogP contribution in [-0.2, 0) is 29.2 Å². The Kier molecular flexibility index (Phi) is 11.4. The third-order valence-corrected chi connectivity index (χ3v) is 7.53. The maximum absolute atomic E-state index is 14.1. The SMILES string of the molecule is CCOC(=O)C(C)(COC)c1ccc(NC(=O)C([Si])(NC(=O)OC(C)(C)C)[C@H](c2ccccc2Cl)C(C)C)c(N)c1. The van der Waals surface area contributed by atoms with Crippen LogP contribution in [0.2, 0.25) is 5.02 Å².